The number of benzene rings is 1. The van der Waals surface area contributed by atoms with Crippen LogP contribution in [0.3, 0.4) is 0 Å². The van der Waals surface area contributed by atoms with Crippen molar-refractivity contribution in [3.05, 3.63) is 36.2 Å². The number of fused-ring (bicyclic) bond motifs is 3. The Kier molecular flexibility index (Phi) is 2.08. The van der Waals surface area contributed by atoms with Crippen molar-refractivity contribution in [2.24, 2.45) is 0 Å². The number of H-pyrrole nitrogens is 1. The van der Waals surface area contributed by atoms with E-state index in [9.17, 15) is 5.11 Å². The molecular formula is C14H14N2O. The molecule has 0 saturated heterocycles. The number of aromatic hydroxyl groups is 1. The van der Waals surface area contributed by atoms with Crippen molar-refractivity contribution in [2.75, 3.05) is 0 Å². The Labute approximate surface area is 99.1 Å². The molecule has 0 aliphatic carbocycles. The number of nitrogens with zero attached hydrogens (tertiary/aromatic N) is 1. The Morgan fingerprint density at radius 1 is 1.18 bits per heavy atom. The number of nitrogens with one attached hydrogen (secondary N) is 1. The molecule has 1 aromatic carbocycles. The lowest BCUT2D eigenvalue weighted by molar-refractivity contribution is 0.476. The van der Waals surface area contributed by atoms with Crippen molar-refractivity contribution in [1.29, 1.82) is 0 Å². The zero-order valence-electron chi connectivity index (χ0n) is 9.86. The molecule has 0 aliphatic rings. The van der Waals surface area contributed by atoms with Crippen LogP contribution >= 0.6 is 0 Å². The third-order valence-electron chi connectivity index (χ3n) is 3.08. The van der Waals surface area contributed by atoms with Crippen LogP contribution in [0.25, 0.3) is 21.8 Å². The summed E-state index contributed by atoms with van der Waals surface area (Å²) in [4.78, 5) is 7.78. The van der Waals surface area contributed by atoms with Crippen molar-refractivity contribution in [3.8, 4) is 5.75 Å². The Hall–Kier alpha value is -2.03. The van der Waals surface area contributed by atoms with Gasteiger partial charge < -0.3 is 10.1 Å². The summed E-state index contributed by atoms with van der Waals surface area (Å²) >= 11 is 0. The van der Waals surface area contributed by atoms with Gasteiger partial charge in [0.2, 0.25) is 0 Å². The molecule has 0 radical (unpaired) electrons. The monoisotopic (exact) mass is 226 g/mol. The summed E-state index contributed by atoms with van der Waals surface area (Å²) in [6.07, 6.45) is 1.85. The highest BCUT2D eigenvalue weighted by Crippen LogP contribution is 2.31. The Morgan fingerprint density at radius 3 is 2.76 bits per heavy atom. The third kappa shape index (κ3) is 1.46. The van der Waals surface area contributed by atoms with E-state index in [2.05, 4.69) is 23.8 Å². The maximum absolute atomic E-state index is 9.50. The minimum absolute atomic E-state index is 0.281. The van der Waals surface area contributed by atoms with E-state index in [4.69, 9.17) is 0 Å². The van der Waals surface area contributed by atoms with E-state index in [1.807, 2.05) is 18.3 Å². The fourth-order valence-corrected chi connectivity index (χ4v) is 2.28. The van der Waals surface area contributed by atoms with Crippen molar-refractivity contribution < 1.29 is 5.11 Å². The molecule has 0 aliphatic heterocycles. The molecule has 0 spiro atoms. The molecule has 0 unspecified atom stereocenters. The van der Waals surface area contributed by atoms with E-state index < -0.39 is 0 Å². The summed E-state index contributed by atoms with van der Waals surface area (Å²) in [5, 5.41) is 11.8. The van der Waals surface area contributed by atoms with Gasteiger partial charge >= 0.3 is 0 Å². The van der Waals surface area contributed by atoms with Crippen LogP contribution in [0, 0.1) is 0 Å². The van der Waals surface area contributed by atoms with Crippen molar-refractivity contribution in [1.82, 2.24) is 9.97 Å². The van der Waals surface area contributed by atoms with Gasteiger partial charge in [-0.15, -0.1) is 0 Å². The molecule has 2 aromatic heterocycles. The van der Waals surface area contributed by atoms with Gasteiger partial charge in [-0.05, 0) is 24.1 Å². The third-order valence-corrected chi connectivity index (χ3v) is 3.08. The number of rotatable bonds is 1. The first-order valence-corrected chi connectivity index (χ1v) is 5.76. The lowest BCUT2D eigenvalue weighted by Gasteiger charge is -2.04. The zero-order chi connectivity index (χ0) is 12.0. The minimum atomic E-state index is 0.281. The highest BCUT2D eigenvalue weighted by Gasteiger charge is 2.11. The Balaban J connectivity index is 2.46. The maximum atomic E-state index is 9.50. The number of aromatic nitrogens is 2. The van der Waals surface area contributed by atoms with Gasteiger partial charge in [0.1, 0.15) is 5.75 Å². The summed E-state index contributed by atoms with van der Waals surface area (Å²) in [6.45, 7) is 4.26. The molecule has 3 heteroatoms. The topological polar surface area (TPSA) is 48.9 Å². The average molecular weight is 226 g/mol. The van der Waals surface area contributed by atoms with E-state index in [-0.39, 0.29) is 5.75 Å². The molecule has 0 atom stereocenters. The molecule has 0 amide bonds. The summed E-state index contributed by atoms with van der Waals surface area (Å²) < 4.78 is 0. The van der Waals surface area contributed by atoms with Crippen LogP contribution in [-0.4, -0.2) is 15.1 Å². The second-order valence-electron chi connectivity index (χ2n) is 4.63. The molecule has 3 aromatic rings. The highest BCUT2D eigenvalue weighted by atomic mass is 16.3. The maximum Gasteiger partial charge on any atom is 0.117 e. The number of hydrogen-bond donors (Lipinski definition) is 2. The number of pyridine rings is 1. The van der Waals surface area contributed by atoms with Gasteiger partial charge in [-0.3, -0.25) is 4.98 Å². The molecule has 86 valence electrons. The molecule has 2 N–H and O–H groups in total. The van der Waals surface area contributed by atoms with E-state index in [0.717, 1.165) is 22.1 Å². The smallest absolute Gasteiger partial charge is 0.117 e. The van der Waals surface area contributed by atoms with Crippen LogP contribution in [0.4, 0.5) is 0 Å². The van der Waals surface area contributed by atoms with Gasteiger partial charge in [-0.1, -0.05) is 13.8 Å². The van der Waals surface area contributed by atoms with Crippen LogP contribution < -0.4 is 0 Å². The number of aromatic amines is 1. The Bertz CT molecular complexity index is 698. The summed E-state index contributed by atoms with van der Waals surface area (Å²) in [6, 6.07) is 7.41. The fourth-order valence-electron chi connectivity index (χ4n) is 2.28. The first-order chi connectivity index (χ1) is 8.16. The second kappa shape index (κ2) is 3.48. The predicted octanol–water partition coefficient (Wildman–Crippen LogP) is 3.55. The summed E-state index contributed by atoms with van der Waals surface area (Å²) in [5.41, 5.74) is 3.09. The SMILES string of the molecule is CC(C)c1nccc2c1[nH]c1cc(O)ccc12. The van der Waals surface area contributed by atoms with Gasteiger partial charge in [0.15, 0.2) is 0 Å². The second-order valence-corrected chi connectivity index (χ2v) is 4.63. The van der Waals surface area contributed by atoms with E-state index in [0.29, 0.717) is 5.92 Å². The largest absolute Gasteiger partial charge is 0.508 e. The van der Waals surface area contributed by atoms with Crippen LogP contribution in [-0.2, 0) is 0 Å². The molecular weight excluding hydrogens is 212 g/mol. The first-order valence-electron chi connectivity index (χ1n) is 5.76. The Morgan fingerprint density at radius 2 is 2.00 bits per heavy atom. The first kappa shape index (κ1) is 10.1. The van der Waals surface area contributed by atoms with Crippen molar-refractivity contribution in [3.63, 3.8) is 0 Å². The molecule has 3 nitrogen and oxygen atoms in total. The number of hydrogen-bond acceptors (Lipinski definition) is 2. The molecule has 2 heterocycles. The van der Waals surface area contributed by atoms with E-state index in [1.54, 1.807) is 12.1 Å². The normalized spacial score (nSPS) is 11.7. The fraction of sp³-hybridized carbons (Fsp3) is 0.214. The van der Waals surface area contributed by atoms with Crippen LogP contribution in [0.15, 0.2) is 30.5 Å². The van der Waals surface area contributed by atoms with Gasteiger partial charge in [0, 0.05) is 23.0 Å². The lowest BCUT2D eigenvalue weighted by atomic mass is 10.1. The number of phenolic OH excluding ortho intramolecular Hbond substituents is 1. The van der Waals surface area contributed by atoms with Gasteiger partial charge in [0.25, 0.3) is 0 Å². The summed E-state index contributed by atoms with van der Waals surface area (Å²) in [5.74, 6) is 0.656. The molecule has 0 bridgehead atoms. The predicted molar refractivity (Wildman–Crippen MR) is 69.4 cm³/mol. The quantitative estimate of drug-likeness (QED) is 0.666. The molecule has 17 heavy (non-hydrogen) atoms. The van der Waals surface area contributed by atoms with Crippen LogP contribution in [0.2, 0.25) is 0 Å². The van der Waals surface area contributed by atoms with Crippen LogP contribution in [0.1, 0.15) is 25.5 Å². The van der Waals surface area contributed by atoms with Gasteiger partial charge in [-0.25, -0.2) is 0 Å². The molecule has 0 fully saturated rings. The molecule has 0 saturated carbocycles. The van der Waals surface area contributed by atoms with Crippen LogP contribution in [0.5, 0.6) is 5.75 Å². The standard InChI is InChI=1S/C14H14N2O/c1-8(2)13-14-11(5-6-15-13)10-4-3-9(17)7-12(10)16-14/h3-8,16-17H,1-2H3. The summed E-state index contributed by atoms with van der Waals surface area (Å²) in [7, 11) is 0. The number of phenols is 1. The lowest BCUT2D eigenvalue weighted by Crippen LogP contribution is -1.92. The van der Waals surface area contributed by atoms with E-state index >= 15 is 0 Å². The minimum Gasteiger partial charge on any atom is -0.508 e. The molecule has 3 rings (SSSR count). The van der Waals surface area contributed by atoms with Gasteiger partial charge in [0.05, 0.1) is 16.7 Å². The van der Waals surface area contributed by atoms with Crippen molar-refractivity contribution >= 4 is 21.8 Å². The zero-order valence-corrected chi connectivity index (χ0v) is 9.86. The highest BCUT2D eigenvalue weighted by molar-refractivity contribution is 6.08. The van der Waals surface area contributed by atoms with Gasteiger partial charge in [-0.2, -0.15) is 0 Å². The van der Waals surface area contributed by atoms with E-state index in [1.165, 1.54) is 5.39 Å². The average Bonchev–Trinajstić information content (AvgIpc) is 2.65. The van der Waals surface area contributed by atoms with Crippen molar-refractivity contribution in [2.45, 2.75) is 19.8 Å².